The SMILES string of the molecule is CC(C)N1C[C@H](C(=O)Nc2nnc(C[C@@H](C)c3ccccc3)s2)CC1=O. The van der Waals surface area contributed by atoms with E-state index in [2.05, 4.69) is 34.6 Å². The number of rotatable bonds is 6. The largest absolute Gasteiger partial charge is 0.339 e. The number of carbonyl (C=O) groups is 2. The molecule has 1 aliphatic rings. The Bertz CT molecular complexity index is 775. The van der Waals surface area contributed by atoms with Gasteiger partial charge in [-0.2, -0.15) is 0 Å². The summed E-state index contributed by atoms with van der Waals surface area (Å²) in [5.74, 6) is -0.102. The predicted molar refractivity (Wildman–Crippen MR) is 102 cm³/mol. The van der Waals surface area contributed by atoms with Crippen LogP contribution in [-0.4, -0.2) is 39.5 Å². The van der Waals surface area contributed by atoms with E-state index in [0.717, 1.165) is 11.4 Å². The van der Waals surface area contributed by atoms with Crippen molar-refractivity contribution < 1.29 is 9.59 Å². The zero-order valence-corrected chi connectivity index (χ0v) is 16.1. The van der Waals surface area contributed by atoms with Crippen molar-refractivity contribution in [2.75, 3.05) is 11.9 Å². The van der Waals surface area contributed by atoms with E-state index in [1.165, 1.54) is 16.9 Å². The fourth-order valence-corrected chi connectivity index (χ4v) is 4.03. The van der Waals surface area contributed by atoms with Gasteiger partial charge in [0.1, 0.15) is 5.01 Å². The summed E-state index contributed by atoms with van der Waals surface area (Å²) in [7, 11) is 0. The van der Waals surface area contributed by atoms with Crippen LogP contribution in [0, 0.1) is 5.92 Å². The van der Waals surface area contributed by atoms with Gasteiger partial charge in [-0.25, -0.2) is 0 Å². The van der Waals surface area contributed by atoms with Crippen LogP contribution in [0.15, 0.2) is 30.3 Å². The molecule has 0 unspecified atom stereocenters. The summed E-state index contributed by atoms with van der Waals surface area (Å²) in [4.78, 5) is 26.1. The second kappa shape index (κ2) is 7.95. The Hall–Kier alpha value is -2.28. The van der Waals surface area contributed by atoms with Gasteiger partial charge in [-0.1, -0.05) is 48.6 Å². The van der Waals surface area contributed by atoms with E-state index in [9.17, 15) is 9.59 Å². The highest BCUT2D eigenvalue weighted by Gasteiger charge is 2.35. The highest BCUT2D eigenvalue weighted by Crippen LogP contribution is 2.26. The van der Waals surface area contributed by atoms with Crippen LogP contribution in [0.25, 0.3) is 0 Å². The number of anilines is 1. The number of nitrogens with one attached hydrogen (secondary N) is 1. The number of hydrogen-bond acceptors (Lipinski definition) is 5. The molecule has 2 amide bonds. The number of aromatic nitrogens is 2. The summed E-state index contributed by atoms with van der Waals surface area (Å²) < 4.78 is 0. The summed E-state index contributed by atoms with van der Waals surface area (Å²) in [6.07, 6.45) is 1.04. The number of carbonyl (C=O) groups excluding carboxylic acids is 2. The Morgan fingerprint density at radius 2 is 2.00 bits per heavy atom. The second-order valence-electron chi connectivity index (χ2n) is 7.05. The maximum absolute atomic E-state index is 12.4. The third kappa shape index (κ3) is 4.27. The molecule has 3 rings (SSSR count). The number of nitrogens with zero attached hydrogens (tertiary/aromatic N) is 3. The highest BCUT2D eigenvalue weighted by atomic mass is 32.1. The molecule has 1 aromatic carbocycles. The smallest absolute Gasteiger partial charge is 0.231 e. The lowest BCUT2D eigenvalue weighted by Gasteiger charge is -2.20. The fraction of sp³-hybridized carbons (Fsp3) is 0.474. The highest BCUT2D eigenvalue weighted by molar-refractivity contribution is 7.15. The number of likely N-dealkylation sites (tertiary alicyclic amines) is 1. The van der Waals surface area contributed by atoms with Crippen LogP contribution < -0.4 is 5.32 Å². The Morgan fingerprint density at radius 1 is 1.27 bits per heavy atom. The molecule has 1 saturated heterocycles. The lowest BCUT2D eigenvalue weighted by molar-refractivity contribution is -0.129. The Morgan fingerprint density at radius 3 is 2.65 bits per heavy atom. The fourth-order valence-electron chi connectivity index (χ4n) is 3.16. The van der Waals surface area contributed by atoms with Gasteiger partial charge >= 0.3 is 0 Å². The molecule has 26 heavy (non-hydrogen) atoms. The quantitative estimate of drug-likeness (QED) is 0.845. The average Bonchev–Trinajstić information content (AvgIpc) is 3.22. The van der Waals surface area contributed by atoms with E-state index in [4.69, 9.17) is 0 Å². The summed E-state index contributed by atoms with van der Waals surface area (Å²) in [6.45, 7) is 6.55. The minimum atomic E-state index is -0.319. The molecule has 0 spiro atoms. The Kier molecular flexibility index (Phi) is 5.66. The van der Waals surface area contributed by atoms with E-state index >= 15 is 0 Å². The van der Waals surface area contributed by atoms with E-state index in [1.807, 2.05) is 32.0 Å². The normalized spacial score (nSPS) is 18.4. The van der Waals surface area contributed by atoms with Crippen molar-refractivity contribution >= 4 is 28.3 Å². The first-order valence-corrected chi connectivity index (χ1v) is 9.73. The molecule has 2 atom stereocenters. The molecule has 0 saturated carbocycles. The summed E-state index contributed by atoms with van der Waals surface area (Å²) in [6, 6.07) is 10.4. The molecule has 2 aromatic rings. The first-order valence-electron chi connectivity index (χ1n) is 8.91. The van der Waals surface area contributed by atoms with Crippen molar-refractivity contribution in [1.82, 2.24) is 15.1 Å². The van der Waals surface area contributed by atoms with Crippen molar-refractivity contribution in [2.45, 2.75) is 45.6 Å². The first kappa shape index (κ1) is 18.5. The number of amides is 2. The van der Waals surface area contributed by atoms with E-state index in [1.54, 1.807) is 4.90 Å². The molecule has 1 N–H and O–H groups in total. The van der Waals surface area contributed by atoms with Crippen LogP contribution in [0.2, 0.25) is 0 Å². The molecule has 1 aromatic heterocycles. The second-order valence-corrected chi connectivity index (χ2v) is 8.11. The third-order valence-corrected chi connectivity index (χ3v) is 5.56. The maximum Gasteiger partial charge on any atom is 0.231 e. The topological polar surface area (TPSA) is 75.2 Å². The number of hydrogen-bond donors (Lipinski definition) is 1. The van der Waals surface area contributed by atoms with Crippen LogP contribution >= 0.6 is 11.3 Å². The van der Waals surface area contributed by atoms with Gasteiger partial charge in [0.2, 0.25) is 16.9 Å². The zero-order chi connectivity index (χ0) is 18.7. The monoisotopic (exact) mass is 372 g/mol. The Balaban J connectivity index is 1.57. The maximum atomic E-state index is 12.4. The Labute approximate surface area is 157 Å². The van der Waals surface area contributed by atoms with Crippen LogP contribution in [0.5, 0.6) is 0 Å². The van der Waals surface area contributed by atoms with Crippen molar-refractivity contribution in [1.29, 1.82) is 0 Å². The molecule has 0 radical (unpaired) electrons. The summed E-state index contributed by atoms with van der Waals surface area (Å²) >= 11 is 1.40. The minimum Gasteiger partial charge on any atom is -0.339 e. The van der Waals surface area contributed by atoms with E-state index in [-0.39, 0.29) is 30.2 Å². The lowest BCUT2D eigenvalue weighted by atomic mass is 9.98. The molecule has 6 nitrogen and oxygen atoms in total. The van der Waals surface area contributed by atoms with Crippen molar-refractivity contribution in [3.05, 3.63) is 40.9 Å². The molecular weight excluding hydrogens is 348 g/mol. The molecule has 1 fully saturated rings. The van der Waals surface area contributed by atoms with Crippen molar-refractivity contribution in [2.24, 2.45) is 5.92 Å². The molecule has 0 aliphatic carbocycles. The van der Waals surface area contributed by atoms with Crippen LogP contribution in [0.3, 0.4) is 0 Å². The standard InChI is InChI=1S/C19H24N4O2S/c1-12(2)23-11-15(10-17(23)24)18(25)20-19-22-21-16(26-19)9-13(3)14-7-5-4-6-8-14/h4-8,12-13,15H,9-11H2,1-3H3,(H,20,22,25)/t13-,15-/m1/s1. The van der Waals surface area contributed by atoms with Crippen molar-refractivity contribution in [3.63, 3.8) is 0 Å². The lowest BCUT2D eigenvalue weighted by Crippen LogP contribution is -2.33. The first-order chi connectivity index (χ1) is 12.4. The van der Waals surface area contributed by atoms with Crippen LogP contribution in [0.1, 0.15) is 43.7 Å². The third-order valence-electron chi connectivity index (χ3n) is 4.70. The summed E-state index contributed by atoms with van der Waals surface area (Å²) in [5, 5.41) is 12.5. The molecule has 2 heterocycles. The van der Waals surface area contributed by atoms with Gasteiger partial charge in [-0.05, 0) is 25.3 Å². The van der Waals surface area contributed by atoms with E-state index < -0.39 is 0 Å². The molecule has 7 heteroatoms. The van der Waals surface area contributed by atoms with Gasteiger partial charge in [0.25, 0.3) is 0 Å². The van der Waals surface area contributed by atoms with Crippen LogP contribution in [0.4, 0.5) is 5.13 Å². The van der Waals surface area contributed by atoms with Gasteiger partial charge in [0.05, 0.1) is 5.92 Å². The van der Waals surface area contributed by atoms with Gasteiger partial charge in [0, 0.05) is 25.4 Å². The van der Waals surface area contributed by atoms with Crippen LogP contribution in [-0.2, 0) is 16.0 Å². The number of benzene rings is 1. The average molecular weight is 372 g/mol. The molecular formula is C19H24N4O2S. The van der Waals surface area contributed by atoms with Gasteiger partial charge in [-0.15, -0.1) is 10.2 Å². The summed E-state index contributed by atoms with van der Waals surface area (Å²) in [5.41, 5.74) is 1.26. The van der Waals surface area contributed by atoms with E-state index in [0.29, 0.717) is 17.6 Å². The minimum absolute atomic E-state index is 0.0368. The van der Waals surface area contributed by atoms with Gasteiger partial charge in [0.15, 0.2) is 0 Å². The molecule has 138 valence electrons. The van der Waals surface area contributed by atoms with Gasteiger partial charge in [-0.3, -0.25) is 9.59 Å². The molecule has 1 aliphatic heterocycles. The van der Waals surface area contributed by atoms with Crippen molar-refractivity contribution in [3.8, 4) is 0 Å². The zero-order valence-electron chi connectivity index (χ0n) is 15.3. The predicted octanol–water partition coefficient (Wildman–Crippen LogP) is 3.08. The molecule has 0 bridgehead atoms. The van der Waals surface area contributed by atoms with Gasteiger partial charge < -0.3 is 10.2 Å².